The predicted octanol–water partition coefficient (Wildman–Crippen LogP) is 5.20. The first-order valence-corrected chi connectivity index (χ1v) is 11.3. The number of thiocarbonyl (C=S) groups is 1. The Balaban J connectivity index is 1.62. The summed E-state index contributed by atoms with van der Waals surface area (Å²) in [6.07, 6.45) is 3.59. The van der Waals surface area contributed by atoms with Gasteiger partial charge in [0.25, 0.3) is 0 Å². The molecule has 0 saturated carbocycles. The van der Waals surface area contributed by atoms with Crippen molar-refractivity contribution in [3.05, 3.63) is 113 Å². The van der Waals surface area contributed by atoms with Gasteiger partial charge in [0.05, 0.1) is 30.0 Å². The summed E-state index contributed by atoms with van der Waals surface area (Å²) in [5.41, 5.74) is 5.85. The van der Waals surface area contributed by atoms with Crippen molar-refractivity contribution < 1.29 is 4.39 Å². The Hall–Kier alpha value is -3.58. The van der Waals surface area contributed by atoms with E-state index in [0.717, 1.165) is 34.0 Å². The third kappa shape index (κ3) is 4.00. The van der Waals surface area contributed by atoms with Gasteiger partial charge in [0.15, 0.2) is 5.11 Å². The van der Waals surface area contributed by atoms with Crippen molar-refractivity contribution in [2.75, 3.05) is 0 Å². The van der Waals surface area contributed by atoms with Crippen LogP contribution >= 0.6 is 12.2 Å². The van der Waals surface area contributed by atoms with Gasteiger partial charge in [-0.3, -0.25) is 9.97 Å². The van der Waals surface area contributed by atoms with Crippen molar-refractivity contribution in [2.24, 2.45) is 0 Å². The lowest BCUT2D eigenvalue weighted by atomic mass is 9.96. The van der Waals surface area contributed by atoms with Gasteiger partial charge in [-0.15, -0.1) is 0 Å². The van der Waals surface area contributed by atoms with Crippen LogP contribution in [0.25, 0.3) is 5.69 Å². The highest BCUT2D eigenvalue weighted by molar-refractivity contribution is 7.80. The molecule has 0 bridgehead atoms. The quantitative estimate of drug-likeness (QED) is 0.418. The fourth-order valence-electron chi connectivity index (χ4n) is 4.68. The van der Waals surface area contributed by atoms with E-state index in [2.05, 4.69) is 37.7 Å². The monoisotopic (exact) mass is 457 g/mol. The molecule has 1 N–H and O–H groups in total. The fourth-order valence-corrected chi connectivity index (χ4v) is 4.99. The van der Waals surface area contributed by atoms with Crippen LogP contribution in [-0.4, -0.2) is 24.5 Å². The van der Waals surface area contributed by atoms with Gasteiger partial charge >= 0.3 is 0 Å². The number of pyridine rings is 2. The molecule has 1 aromatic carbocycles. The van der Waals surface area contributed by atoms with Gasteiger partial charge in [-0.25, -0.2) is 4.39 Å². The summed E-state index contributed by atoms with van der Waals surface area (Å²) in [7, 11) is 0. The van der Waals surface area contributed by atoms with Crippen molar-refractivity contribution in [1.29, 1.82) is 0 Å². The third-order valence-corrected chi connectivity index (χ3v) is 6.46. The standard InChI is InChI=1S/C26H24FN5S/c1-17-14-22(18(2)32(17)21-10-7-8-19(27)15-21)25-24(23-11-4-6-13-29-23)30-26(33)31(25)16-20-9-3-5-12-28-20/h3-15,24-25H,16H2,1-2H3,(H,30,33)/t24-,25-/m0/s1. The van der Waals surface area contributed by atoms with E-state index in [1.54, 1.807) is 24.5 Å². The topological polar surface area (TPSA) is 46.0 Å². The molecular weight excluding hydrogens is 433 g/mol. The van der Waals surface area contributed by atoms with E-state index in [0.29, 0.717) is 11.7 Å². The molecule has 4 aromatic rings. The van der Waals surface area contributed by atoms with E-state index in [1.165, 1.54) is 6.07 Å². The van der Waals surface area contributed by atoms with Crippen LogP contribution in [0.4, 0.5) is 4.39 Å². The molecule has 0 amide bonds. The van der Waals surface area contributed by atoms with Gasteiger partial charge in [0.1, 0.15) is 5.82 Å². The molecule has 0 unspecified atom stereocenters. The molecule has 5 rings (SSSR count). The maximum atomic E-state index is 14.0. The number of nitrogens with zero attached hydrogens (tertiary/aromatic N) is 4. The zero-order valence-corrected chi connectivity index (χ0v) is 19.3. The van der Waals surface area contributed by atoms with Gasteiger partial charge in [0.2, 0.25) is 0 Å². The number of hydrogen-bond donors (Lipinski definition) is 1. The Morgan fingerprint density at radius 3 is 2.45 bits per heavy atom. The van der Waals surface area contributed by atoms with Crippen molar-refractivity contribution in [2.45, 2.75) is 32.5 Å². The Morgan fingerprint density at radius 1 is 0.970 bits per heavy atom. The molecule has 0 radical (unpaired) electrons. The number of aromatic nitrogens is 3. The average molecular weight is 458 g/mol. The first-order chi connectivity index (χ1) is 16.0. The van der Waals surface area contributed by atoms with Crippen LogP contribution in [0, 0.1) is 19.7 Å². The number of hydrogen-bond acceptors (Lipinski definition) is 3. The van der Waals surface area contributed by atoms with Crippen LogP contribution in [0.2, 0.25) is 0 Å². The van der Waals surface area contributed by atoms with Crippen molar-refractivity contribution in [1.82, 2.24) is 24.8 Å². The Bertz CT molecular complexity index is 1290. The lowest BCUT2D eigenvalue weighted by Crippen LogP contribution is -2.29. The van der Waals surface area contributed by atoms with Crippen molar-refractivity contribution in [3.8, 4) is 5.69 Å². The van der Waals surface area contributed by atoms with E-state index >= 15 is 0 Å². The van der Waals surface area contributed by atoms with E-state index < -0.39 is 0 Å². The summed E-state index contributed by atoms with van der Waals surface area (Å²) in [6, 6.07) is 20.4. The lowest BCUT2D eigenvalue weighted by molar-refractivity contribution is 0.307. The van der Waals surface area contributed by atoms with E-state index in [9.17, 15) is 4.39 Å². The maximum absolute atomic E-state index is 14.0. The van der Waals surface area contributed by atoms with Crippen LogP contribution in [0.3, 0.4) is 0 Å². The molecule has 1 fully saturated rings. The zero-order chi connectivity index (χ0) is 22.9. The minimum atomic E-state index is -0.256. The van der Waals surface area contributed by atoms with E-state index in [1.807, 2.05) is 49.4 Å². The Labute approximate surface area is 197 Å². The normalized spacial score (nSPS) is 17.9. The van der Waals surface area contributed by atoms with Gasteiger partial charge < -0.3 is 14.8 Å². The highest BCUT2D eigenvalue weighted by atomic mass is 32.1. The van der Waals surface area contributed by atoms with Gasteiger partial charge in [-0.1, -0.05) is 18.2 Å². The number of aryl methyl sites for hydroxylation is 1. The molecule has 33 heavy (non-hydrogen) atoms. The van der Waals surface area contributed by atoms with Gasteiger partial charge in [-0.05, 0) is 80.2 Å². The molecule has 1 aliphatic heterocycles. The smallest absolute Gasteiger partial charge is 0.170 e. The number of rotatable bonds is 5. The fraction of sp³-hybridized carbons (Fsp3) is 0.192. The SMILES string of the molecule is Cc1cc([C@H]2[C@H](c3ccccn3)NC(=S)N2Cc2ccccn2)c(C)n1-c1cccc(F)c1. The van der Waals surface area contributed by atoms with Crippen LogP contribution in [0.5, 0.6) is 0 Å². The highest BCUT2D eigenvalue weighted by Crippen LogP contribution is 2.42. The van der Waals surface area contributed by atoms with Gasteiger partial charge in [-0.2, -0.15) is 0 Å². The van der Waals surface area contributed by atoms with E-state index in [4.69, 9.17) is 12.2 Å². The molecule has 4 heterocycles. The average Bonchev–Trinajstić information content (AvgIpc) is 3.30. The summed E-state index contributed by atoms with van der Waals surface area (Å²) in [5, 5.41) is 4.16. The van der Waals surface area contributed by atoms with Gasteiger partial charge in [0, 0.05) is 29.5 Å². The van der Waals surface area contributed by atoms with Crippen molar-refractivity contribution >= 4 is 17.3 Å². The molecule has 2 atom stereocenters. The molecular formula is C26H24FN5S. The third-order valence-electron chi connectivity index (χ3n) is 6.11. The minimum absolute atomic E-state index is 0.0945. The first kappa shape index (κ1) is 21.3. The van der Waals surface area contributed by atoms with Crippen molar-refractivity contribution in [3.63, 3.8) is 0 Å². The number of nitrogens with one attached hydrogen (secondary N) is 1. The second-order valence-corrected chi connectivity index (χ2v) is 8.60. The van der Waals surface area contributed by atoms with E-state index in [-0.39, 0.29) is 17.9 Å². The second-order valence-electron chi connectivity index (χ2n) is 8.22. The molecule has 1 saturated heterocycles. The molecule has 7 heteroatoms. The summed E-state index contributed by atoms with van der Waals surface area (Å²) in [6.45, 7) is 4.69. The molecule has 0 aliphatic carbocycles. The second kappa shape index (κ2) is 8.75. The Morgan fingerprint density at radius 2 is 1.76 bits per heavy atom. The minimum Gasteiger partial charge on any atom is -0.352 e. The van der Waals surface area contributed by atoms with Crippen LogP contribution < -0.4 is 5.32 Å². The van der Waals surface area contributed by atoms with Crippen LogP contribution in [0.15, 0.2) is 79.1 Å². The lowest BCUT2D eigenvalue weighted by Gasteiger charge is -2.28. The summed E-state index contributed by atoms with van der Waals surface area (Å²) in [5.74, 6) is -0.256. The summed E-state index contributed by atoms with van der Waals surface area (Å²) >= 11 is 5.79. The summed E-state index contributed by atoms with van der Waals surface area (Å²) < 4.78 is 16.1. The van der Waals surface area contributed by atoms with Crippen LogP contribution in [-0.2, 0) is 6.54 Å². The maximum Gasteiger partial charge on any atom is 0.170 e. The molecule has 3 aromatic heterocycles. The Kier molecular flexibility index (Phi) is 5.64. The first-order valence-electron chi connectivity index (χ1n) is 10.9. The number of benzene rings is 1. The molecule has 0 spiro atoms. The van der Waals surface area contributed by atoms with Crippen LogP contribution in [0.1, 0.15) is 40.4 Å². The molecule has 166 valence electrons. The summed E-state index contributed by atoms with van der Waals surface area (Å²) in [4.78, 5) is 11.3. The predicted molar refractivity (Wildman–Crippen MR) is 130 cm³/mol. The molecule has 5 nitrogen and oxygen atoms in total. The molecule has 1 aliphatic rings. The zero-order valence-electron chi connectivity index (χ0n) is 18.4. The largest absolute Gasteiger partial charge is 0.352 e. The highest BCUT2D eigenvalue weighted by Gasteiger charge is 2.41. The number of halogens is 1.